The lowest BCUT2D eigenvalue weighted by atomic mass is 10.1. The number of benzene rings is 2. The zero-order valence-corrected chi connectivity index (χ0v) is 18.7. The zero-order valence-electron chi connectivity index (χ0n) is 17.9. The van der Waals surface area contributed by atoms with E-state index in [0.29, 0.717) is 36.4 Å². The molecule has 2 aromatic heterocycles. The molecule has 2 heterocycles. The number of hydrogen-bond acceptors (Lipinski definition) is 5. The molecule has 6 nitrogen and oxygen atoms in total. The van der Waals surface area contributed by atoms with Gasteiger partial charge in [-0.15, -0.1) is 11.3 Å². The summed E-state index contributed by atoms with van der Waals surface area (Å²) in [6.07, 6.45) is 2.16. The van der Waals surface area contributed by atoms with Crippen molar-refractivity contribution in [2.75, 3.05) is 13.2 Å². The highest BCUT2D eigenvalue weighted by Crippen LogP contribution is 2.35. The van der Waals surface area contributed by atoms with E-state index in [2.05, 4.69) is 10.3 Å². The Morgan fingerprint density at radius 3 is 2.56 bits per heavy atom. The number of hydrogen-bond donors (Lipinski definition) is 1. The second-order valence-corrected chi connectivity index (χ2v) is 8.52. The molecule has 0 saturated carbocycles. The Morgan fingerprint density at radius 2 is 1.81 bits per heavy atom. The Labute approximate surface area is 190 Å². The van der Waals surface area contributed by atoms with Gasteiger partial charge < -0.3 is 10.1 Å². The molecule has 0 radical (unpaired) electrons. The van der Waals surface area contributed by atoms with Gasteiger partial charge >= 0.3 is 0 Å². The van der Waals surface area contributed by atoms with Crippen LogP contribution in [0.15, 0.2) is 71.8 Å². The quantitative estimate of drug-likeness (QED) is 0.391. The van der Waals surface area contributed by atoms with Crippen LogP contribution in [-0.4, -0.2) is 28.6 Å². The van der Waals surface area contributed by atoms with Crippen LogP contribution < -0.4 is 10.9 Å². The first-order chi connectivity index (χ1) is 15.6. The third-order valence-corrected chi connectivity index (χ3v) is 6.42. The number of aryl methyl sites for hydroxylation is 1. The third kappa shape index (κ3) is 5.12. The molecule has 4 aromatic rings. The van der Waals surface area contributed by atoms with Gasteiger partial charge in [0.25, 0.3) is 5.56 Å². The topological polar surface area (TPSA) is 73.2 Å². The summed E-state index contributed by atoms with van der Waals surface area (Å²) in [7, 11) is 0. The fourth-order valence-electron chi connectivity index (χ4n) is 3.51. The van der Waals surface area contributed by atoms with Gasteiger partial charge in [0.15, 0.2) is 0 Å². The molecule has 0 aliphatic carbocycles. The smallest absolute Gasteiger partial charge is 0.262 e. The van der Waals surface area contributed by atoms with E-state index in [4.69, 9.17) is 4.74 Å². The van der Waals surface area contributed by atoms with E-state index in [1.807, 2.05) is 67.6 Å². The SMILES string of the molecule is Cc1c(-c2ccccc2)sc2ncn(CC(=O)NCCCOCc3ccccc3)c(=O)c12. The van der Waals surface area contributed by atoms with Crippen LogP contribution >= 0.6 is 11.3 Å². The lowest BCUT2D eigenvalue weighted by Crippen LogP contribution is -2.33. The highest BCUT2D eigenvalue weighted by Gasteiger charge is 2.16. The van der Waals surface area contributed by atoms with Crippen molar-refractivity contribution in [3.63, 3.8) is 0 Å². The average Bonchev–Trinajstić information content (AvgIpc) is 3.16. The summed E-state index contributed by atoms with van der Waals surface area (Å²) in [5, 5.41) is 3.43. The first-order valence-electron chi connectivity index (χ1n) is 10.6. The molecule has 0 aliphatic heterocycles. The first-order valence-corrected chi connectivity index (χ1v) is 11.4. The number of rotatable bonds is 9. The van der Waals surface area contributed by atoms with Gasteiger partial charge in [-0.2, -0.15) is 0 Å². The Bertz CT molecular complexity index is 1250. The molecule has 1 N–H and O–H groups in total. The van der Waals surface area contributed by atoms with Crippen molar-refractivity contribution >= 4 is 27.5 Å². The molecule has 1 amide bonds. The zero-order chi connectivity index (χ0) is 22.3. The third-order valence-electron chi connectivity index (χ3n) is 5.17. The number of ether oxygens (including phenoxy) is 1. The molecule has 0 fully saturated rings. The fourth-order valence-corrected chi connectivity index (χ4v) is 4.66. The van der Waals surface area contributed by atoms with Crippen molar-refractivity contribution in [2.45, 2.75) is 26.5 Å². The van der Waals surface area contributed by atoms with Crippen LogP contribution in [0.5, 0.6) is 0 Å². The lowest BCUT2D eigenvalue weighted by molar-refractivity contribution is -0.121. The lowest BCUT2D eigenvalue weighted by Gasteiger charge is -2.08. The average molecular weight is 448 g/mol. The summed E-state index contributed by atoms with van der Waals surface area (Å²) in [6.45, 7) is 3.49. The molecule has 0 unspecified atom stereocenters. The standard InChI is InChI=1S/C25H25N3O3S/c1-18-22-24(32-23(18)20-11-6-3-7-12-20)27-17-28(25(22)30)15-21(29)26-13-8-14-31-16-19-9-4-2-5-10-19/h2-7,9-12,17H,8,13-16H2,1H3,(H,26,29). The number of carbonyl (C=O) groups is 1. The number of nitrogens with zero attached hydrogens (tertiary/aromatic N) is 2. The minimum atomic E-state index is -0.215. The van der Waals surface area contributed by atoms with Gasteiger partial charge in [-0.3, -0.25) is 14.2 Å². The van der Waals surface area contributed by atoms with Crippen LogP contribution in [0.2, 0.25) is 0 Å². The molecule has 7 heteroatoms. The van der Waals surface area contributed by atoms with Gasteiger partial charge in [-0.25, -0.2) is 4.98 Å². The number of amides is 1. The van der Waals surface area contributed by atoms with E-state index in [0.717, 1.165) is 21.6 Å². The Balaban J connectivity index is 1.32. The van der Waals surface area contributed by atoms with Crippen LogP contribution in [0.25, 0.3) is 20.7 Å². The normalized spacial score (nSPS) is 11.0. The van der Waals surface area contributed by atoms with Gasteiger partial charge in [0.05, 0.1) is 18.3 Å². The number of aromatic nitrogens is 2. The maximum atomic E-state index is 13.0. The molecule has 0 spiro atoms. The second-order valence-electron chi connectivity index (χ2n) is 7.52. The largest absolute Gasteiger partial charge is 0.377 e. The summed E-state index contributed by atoms with van der Waals surface area (Å²) in [4.78, 5) is 31.5. The van der Waals surface area contributed by atoms with Gasteiger partial charge in [0, 0.05) is 18.0 Å². The molecule has 0 aliphatic rings. The molecular weight excluding hydrogens is 422 g/mol. The first kappa shape index (κ1) is 21.9. The van der Waals surface area contributed by atoms with Crippen molar-refractivity contribution in [1.29, 1.82) is 0 Å². The second kappa shape index (κ2) is 10.3. The van der Waals surface area contributed by atoms with Crippen LogP contribution in [0.1, 0.15) is 17.5 Å². The molecule has 0 bridgehead atoms. The van der Waals surface area contributed by atoms with Crippen molar-refractivity contribution < 1.29 is 9.53 Å². The predicted octanol–water partition coefficient (Wildman–Crippen LogP) is 4.16. The van der Waals surface area contributed by atoms with E-state index < -0.39 is 0 Å². The molecule has 0 saturated heterocycles. The minimum Gasteiger partial charge on any atom is -0.377 e. The van der Waals surface area contributed by atoms with E-state index in [-0.39, 0.29) is 18.0 Å². The van der Waals surface area contributed by atoms with Gasteiger partial charge in [0.1, 0.15) is 11.4 Å². The van der Waals surface area contributed by atoms with Gasteiger partial charge in [-0.1, -0.05) is 60.7 Å². The van der Waals surface area contributed by atoms with E-state index in [1.54, 1.807) is 0 Å². The highest BCUT2D eigenvalue weighted by atomic mass is 32.1. The summed E-state index contributed by atoms with van der Waals surface area (Å²) in [6, 6.07) is 19.9. The molecule has 32 heavy (non-hydrogen) atoms. The van der Waals surface area contributed by atoms with Crippen molar-refractivity contribution in [3.05, 3.63) is 88.5 Å². The Morgan fingerprint density at radius 1 is 1.09 bits per heavy atom. The van der Waals surface area contributed by atoms with Crippen molar-refractivity contribution in [2.24, 2.45) is 0 Å². The fraction of sp³-hybridized carbons (Fsp3) is 0.240. The number of fused-ring (bicyclic) bond motifs is 1. The maximum absolute atomic E-state index is 13.0. The van der Waals surface area contributed by atoms with Crippen LogP contribution in [-0.2, 0) is 22.7 Å². The van der Waals surface area contributed by atoms with E-state index >= 15 is 0 Å². The molecule has 4 rings (SSSR count). The predicted molar refractivity (Wildman–Crippen MR) is 128 cm³/mol. The van der Waals surface area contributed by atoms with Crippen LogP contribution in [0, 0.1) is 6.92 Å². The van der Waals surface area contributed by atoms with Crippen molar-refractivity contribution in [3.8, 4) is 10.4 Å². The summed E-state index contributed by atoms with van der Waals surface area (Å²) in [5.74, 6) is -0.215. The summed E-state index contributed by atoms with van der Waals surface area (Å²) in [5.41, 5.74) is 2.90. The van der Waals surface area contributed by atoms with Gasteiger partial charge in [-0.05, 0) is 30.0 Å². The number of nitrogens with one attached hydrogen (secondary N) is 1. The Hall–Kier alpha value is -3.29. The summed E-state index contributed by atoms with van der Waals surface area (Å²) >= 11 is 1.50. The summed E-state index contributed by atoms with van der Waals surface area (Å²) < 4.78 is 7.00. The van der Waals surface area contributed by atoms with Crippen molar-refractivity contribution in [1.82, 2.24) is 14.9 Å². The monoisotopic (exact) mass is 447 g/mol. The maximum Gasteiger partial charge on any atom is 0.262 e. The number of carbonyl (C=O) groups excluding carboxylic acids is 1. The molecule has 0 atom stereocenters. The Kier molecular flexibility index (Phi) is 7.09. The molecule has 164 valence electrons. The minimum absolute atomic E-state index is 0.0530. The highest BCUT2D eigenvalue weighted by molar-refractivity contribution is 7.22. The number of thiophene rings is 1. The van der Waals surface area contributed by atoms with E-state index in [1.165, 1.54) is 22.2 Å². The van der Waals surface area contributed by atoms with Crippen LogP contribution in [0.3, 0.4) is 0 Å². The molecule has 2 aromatic carbocycles. The van der Waals surface area contributed by atoms with Crippen LogP contribution in [0.4, 0.5) is 0 Å². The molecular formula is C25H25N3O3S. The van der Waals surface area contributed by atoms with Gasteiger partial charge in [0.2, 0.25) is 5.91 Å². The van der Waals surface area contributed by atoms with E-state index in [9.17, 15) is 9.59 Å².